The highest BCUT2D eigenvalue weighted by molar-refractivity contribution is 8.01. The van der Waals surface area contributed by atoms with Gasteiger partial charge in [-0.05, 0) is 12.8 Å². The molecule has 0 aromatic carbocycles. The molecule has 0 radical (unpaired) electrons. The molecule has 1 fully saturated rings. The van der Waals surface area contributed by atoms with Crippen molar-refractivity contribution in [2.45, 2.75) is 32.2 Å². The molecule has 1 aliphatic rings. The Hall–Kier alpha value is -1.00. The fraction of sp³-hybridized carbons (Fsp3) is 0.800. The van der Waals surface area contributed by atoms with Crippen molar-refractivity contribution >= 4 is 34.0 Å². The van der Waals surface area contributed by atoms with Crippen molar-refractivity contribution in [2.24, 2.45) is 5.92 Å². The Kier molecular flexibility index (Phi) is 5.66. The zero-order chi connectivity index (χ0) is 15.5. The first-order valence-electron chi connectivity index (χ1n) is 6.03. The lowest BCUT2D eigenvalue weighted by Crippen LogP contribution is -2.52. The van der Waals surface area contributed by atoms with Crippen molar-refractivity contribution in [1.82, 2.24) is 9.03 Å². The molecule has 1 heterocycles. The van der Waals surface area contributed by atoms with Crippen LogP contribution in [0.5, 0.6) is 0 Å². The second-order valence-electron chi connectivity index (χ2n) is 4.48. The minimum absolute atomic E-state index is 0.0199. The van der Waals surface area contributed by atoms with Crippen LogP contribution in [0.4, 0.5) is 4.79 Å². The predicted octanol–water partition coefficient (Wildman–Crippen LogP) is 0.461. The number of thioether (sulfide) groups is 1. The molecule has 20 heavy (non-hydrogen) atoms. The topological polar surface area (TPSA) is 113 Å². The molecule has 0 spiro atoms. The monoisotopic (exact) mass is 326 g/mol. The van der Waals surface area contributed by atoms with E-state index in [-0.39, 0.29) is 18.3 Å². The van der Waals surface area contributed by atoms with E-state index >= 15 is 0 Å². The maximum absolute atomic E-state index is 12.2. The Balaban J connectivity index is 3.02. The molecule has 116 valence electrons. The molecule has 0 aromatic heterocycles. The van der Waals surface area contributed by atoms with Gasteiger partial charge in [0.05, 0.1) is 12.0 Å². The number of rotatable bonds is 5. The first-order chi connectivity index (χ1) is 9.20. The first kappa shape index (κ1) is 17.1. The summed E-state index contributed by atoms with van der Waals surface area (Å²) in [5.74, 6) is -1.19. The molecule has 0 bridgehead atoms. The number of hydrogen-bond acceptors (Lipinski definition) is 6. The van der Waals surface area contributed by atoms with Gasteiger partial charge in [-0.15, -0.1) is 11.8 Å². The molecule has 2 unspecified atom stereocenters. The van der Waals surface area contributed by atoms with Gasteiger partial charge in [0.1, 0.15) is 6.04 Å². The van der Waals surface area contributed by atoms with Gasteiger partial charge in [-0.2, -0.15) is 12.7 Å². The van der Waals surface area contributed by atoms with Crippen molar-refractivity contribution in [3.8, 4) is 0 Å². The lowest BCUT2D eigenvalue weighted by Gasteiger charge is -2.28. The number of nitrogens with zero attached hydrogens (tertiary/aromatic N) is 1. The summed E-state index contributed by atoms with van der Waals surface area (Å²) < 4.78 is 31.5. The van der Waals surface area contributed by atoms with E-state index in [0.717, 1.165) is 4.31 Å². The third kappa shape index (κ3) is 3.76. The van der Waals surface area contributed by atoms with Gasteiger partial charge in [-0.1, -0.05) is 13.8 Å². The molecule has 0 saturated carbocycles. The molecule has 10 heteroatoms. The molecular formula is C10H18N2O6S2. The van der Waals surface area contributed by atoms with Crippen molar-refractivity contribution in [3.63, 3.8) is 0 Å². The quantitative estimate of drug-likeness (QED) is 0.754. The van der Waals surface area contributed by atoms with E-state index in [1.807, 2.05) is 0 Å². The predicted molar refractivity (Wildman–Crippen MR) is 73.4 cm³/mol. The SMILES string of the molecule is CCOC(=O)NS(=O)(=O)N1C(C(=O)O)CSC1C(C)C. The Bertz CT molecular complexity index is 478. The van der Waals surface area contributed by atoms with E-state index in [1.54, 1.807) is 18.6 Å². The fourth-order valence-electron chi connectivity index (χ4n) is 1.80. The molecular weight excluding hydrogens is 308 g/mol. The molecule has 2 N–H and O–H groups in total. The van der Waals surface area contributed by atoms with Crippen LogP contribution in [-0.4, -0.2) is 53.7 Å². The summed E-state index contributed by atoms with van der Waals surface area (Å²) in [5, 5.41) is 8.58. The fourth-order valence-corrected chi connectivity index (χ4v) is 5.17. The molecule has 1 aliphatic heterocycles. The average Bonchev–Trinajstić information content (AvgIpc) is 2.73. The van der Waals surface area contributed by atoms with Crippen LogP contribution in [0, 0.1) is 5.92 Å². The number of ether oxygens (including phenoxy) is 1. The maximum Gasteiger partial charge on any atom is 0.421 e. The number of carboxylic acid groups (broad SMARTS) is 1. The normalized spacial score (nSPS) is 23.8. The molecule has 0 aromatic rings. The van der Waals surface area contributed by atoms with Crippen molar-refractivity contribution < 1.29 is 27.9 Å². The maximum atomic E-state index is 12.2. The van der Waals surface area contributed by atoms with Crippen LogP contribution in [0.3, 0.4) is 0 Å². The number of nitrogens with one attached hydrogen (secondary N) is 1. The summed E-state index contributed by atoms with van der Waals surface area (Å²) in [6.07, 6.45) is -1.11. The average molecular weight is 326 g/mol. The minimum Gasteiger partial charge on any atom is -0.480 e. The molecule has 1 rings (SSSR count). The van der Waals surface area contributed by atoms with Crippen molar-refractivity contribution in [3.05, 3.63) is 0 Å². The molecule has 2 atom stereocenters. The first-order valence-corrected chi connectivity index (χ1v) is 8.52. The Morgan fingerprint density at radius 1 is 1.50 bits per heavy atom. The highest BCUT2D eigenvalue weighted by atomic mass is 32.2. The molecule has 0 aliphatic carbocycles. The van der Waals surface area contributed by atoms with Gasteiger partial charge in [-0.3, -0.25) is 4.79 Å². The van der Waals surface area contributed by atoms with E-state index in [2.05, 4.69) is 4.74 Å². The van der Waals surface area contributed by atoms with Crippen LogP contribution in [0.2, 0.25) is 0 Å². The second-order valence-corrected chi connectivity index (χ2v) is 7.20. The molecule has 1 amide bonds. The summed E-state index contributed by atoms with van der Waals surface area (Å²) in [6, 6.07) is -1.20. The lowest BCUT2D eigenvalue weighted by atomic mass is 10.2. The van der Waals surface area contributed by atoms with Crippen LogP contribution in [-0.2, 0) is 19.7 Å². The number of carbonyl (C=O) groups is 2. The van der Waals surface area contributed by atoms with Crippen LogP contribution < -0.4 is 4.72 Å². The Labute approximate surface area is 122 Å². The van der Waals surface area contributed by atoms with Gasteiger partial charge >= 0.3 is 22.3 Å². The molecule has 8 nitrogen and oxygen atoms in total. The summed E-state index contributed by atoms with van der Waals surface area (Å²) in [4.78, 5) is 22.4. The highest BCUT2D eigenvalue weighted by Crippen LogP contribution is 2.35. The van der Waals surface area contributed by atoms with Crippen molar-refractivity contribution in [1.29, 1.82) is 0 Å². The summed E-state index contributed by atoms with van der Waals surface area (Å²) in [6.45, 7) is 5.13. The Morgan fingerprint density at radius 3 is 2.55 bits per heavy atom. The smallest absolute Gasteiger partial charge is 0.421 e. The summed E-state index contributed by atoms with van der Waals surface area (Å²) in [5.41, 5.74) is 0. The number of amides is 1. The van der Waals surface area contributed by atoms with Gasteiger partial charge < -0.3 is 9.84 Å². The standard InChI is InChI=1S/C10H18N2O6S2/c1-4-18-10(15)11-20(16,17)12-7(9(13)14)5-19-8(12)6(2)3/h6-8H,4-5H2,1-3H3,(H,11,15)(H,13,14). The van der Waals surface area contributed by atoms with Gasteiger partial charge in [0, 0.05) is 5.75 Å². The highest BCUT2D eigenvalue weighted by Gasteiger charge is 2.47. The number of aliphatic carboxylic acids is 1. The van der Waals surface area contributed by atoms with Crippen LogP contribution in [0.25, 0.3) is 0 Å². The third-order valence-electron chi connectivity index (χ3n) is 2.60. The number of hydrogen-bond donors (Lipinski definition) is 2. The van der Waals surface area contributed by atoms with Crippen LogP contribution in [0.1, 0.15) is 20.8 Å². The largest absolute Gasteiger partial charge is 0.480 e. The lowest BCUT2D eigenvalue weighted by molar-refractivity contribution is -0.140. The van der Waals surface area contributed by atoms with Gasteiger partial charge in [0.25, 0.3) is 0 Å². The van der Waals surface area contributed by atoms with E-state index in [0.29, 0.717) is 0 Å². The summed E-state index contributed by atoms with van der Waals surface area (Å²) in [7, 11) is -4.26. The zero-order valence-electron chi connectivity index (χ0n) is 11.4. The van der Waals surface area contributed by atoms with Gasteiger partial charge in [0.15, 0.2) is 0 Å². The van der Waals surface area contributed by atoms with E-state index < -0.39 is 33.7 Å². The van der Waals surface area contributed by atoms with Crippen LogP contribution >= 0.6 is 11.8 Å². The van der Waals surface area contributed by atoms with E-state index in [1.165, 1.54) is 18.7 Å². The van der Waals surface area contributed by atoms with Gasteiger partial charge in [-0.25, -0.2) is 9.52 Å². The number of carboxylic acids is 1. The summed E-state index contributed by atoms with van der Waals surface area (Å²) >= 11 is 1.24. The van der Waals surface area contributed by atoms with Gasteiger partial charge in [0.2, 0.25) is 0 Å². The Morgan fingerprint density at radius 2 is 2.10 bits per heavy atom. The van der Waals surface area contributed by atoms with E-state index in [9.17, 15) is 18.0 Å². The van der Waals surface area contributed by atoms with Crippen LogP contribution in [0.15, 0.2) is 0 Å². The zero-order valence-corrected chi connectivity index (χ0v) is 13.0. The minimum atomic E-state index is -4.26. The van der Waals surface area contributed by atoms with E-state index in [4.69, 9.17) is 5.11 Å². The molecule has 1 saturated heterocycles. The number of carbonyl (C=O) groups excluding carboxylic acids is 1. The second kappa shape index (κ2) is 6.64. The van der Waals surface area contributed by atoms with Crippen molar-refractivity contribution in [2.75, 3.05) is 12.4 Å². The third-order valence-corrected chi connectivity index (χ3v) is 5.82.